The fourth-order valence-corrected chi connectivity index (χ4v) is 3.37. The highest BCUT2D eigenvalue weighted by Gasteiger charge is 2.37. The summed E-state index contributed by atoms with van der Waals surface area (Å²) in [5.74, 6) is -0.0544. The number of anilines is 1. The molecule has 1 aromatic carbocycles. The molecule has 0 aliphatic heterocycles. The Morgan fingerprint density at radius 3 is 2.95 bits per heavy atom. The van der Waals surface area contributed by atoms with Gasteiger partial charge < -0.3 is 16.0 Å². The SMILES string of the molecule is Cc1cc2cc(NC(=O)C3CCCCC3(C)N)ccc2[nH]1. The molecule has 1 saturated carbocycles. The number of amides is 1. The average Bonchev–Trinajstić information content (AvgIpc) is 2.77. The Balaban J connectivity index is 1.79. The maximum atomic E-state index is 12.5. The van der Waals surface area contributed by atoms with Crippen molar-refractivity contribution in [2.45, 2.75) is 45.1 Å². The van der Waals surface area contributed by atoms with Gasteiger partial charge in [-0.25, -0.2) is 0 Å². The fourth-order valence-electron chi connectivity index (χ4n) is 3.37. The Labute approximate surface area is 125 Å². The number of benzene rings is 1. The largest absolute Gasteiger partial charge is 0.359 e. The lowest BCUT2D eigenvalue weighted by Gasteiger charge is -2.37. The predicted molar refractivity (Wildman–Crippen MR) is 86.2 cm³/mol. The van der Waals surface area contributed by atoms with E-state index < -0.39 is 5.54 Å². The molecule has 0 saturated heterocycles. The quantitative estimate of drug-likeness (QED) is 0.792. The van der Waals surface area contributed by atoms with Crippen LogP contribution in [0.4, 0.5) is 5.69 Å². The van der Waals surface area contributed by atoms with Crippen LogP contribution in [0.15, 0.2) is 24.3 Å². The molecule has 1 aliphatic carbocycles. The zero-order chi connectivity index (χ0) is 15.0. The number of aromatic amines is 1. The Hall–Kier alpha value is -1.81. The minimum Gasteiger partial charge on any atom is -0.359 e. The third kappa shape index (κ3) is 2.81. The zero-order valence-electron chi connectivity index (χ0n) is 12.7. The molecule has 2 unspecified atom stereocenters. The summed E-state index contributed by atoms with van der Waals surface area (Å²) in [5, 5.41) is 4.15. The molecular weight excluding hydrogens is 262 g/mol. The van der Waals surface area contributed by atoms with Crippen molar-refractivity contribution in [2.24, 2.45) is 11.7 Å². The first kappa shape index (κ1) is 14.1. The van der Waals surface area contributed by atoms with Crippen LogP contribution in [-0.2, 0) is 4.79 Å². The Morgan fingerprint density at radius 1 is 1.38 bits per heavy atom. The smallest absolute Gasteiger partial charge is 0.229 e. The second-order valence-electron chi connectivity index (χ2n) is 6.55. The van der Waals surface area contributed by atoms with Crippen LogP contribution < -0.4 is 11.1 Å². The van der Waals surface area contributed by atoms with E-state index in [9.17, 15) is 4.79 Å². The van der Waals surface area contributed by atoms with Gasteiger partial charge in [-0.15, -0.1) is 0 Å². The molecule has 1 aliphatic rings. The maximum Gasteiger partial charge on any atom is 0.229 e. The van der Waals surface area contributed by atoms with E-state index >= 15 is 0 Å². The van der Waals surface area contributed by atoms with Gasteiger partial charge in [0.25, 0.3) is 0 Å². The van der Waals surface area contributed by atoms with E-state index in [0.717, 1.165) is 48.0 Å². The second kappa shape index (κ2) is 5.19. The van der Waals surface area contributed by atoms with E-state index in [0.29, 0.717) is 0 Å². The molecule has 3 rings (SSSR count). The van der Waals surface area contributed by atoms with Gasteiger partial charge in [-0.05, 0) is 51.0 Å². The number of H-pyrrole nitrogens is 1. The van der Waals surface area contributed by atoms with Crippen LogP contribution >= 0.6 is 0 Å². The van der Waals surface area contributed by atoms with Crippen LogP contribution in [0.25, 0.3) is 10.9 Å². The van der Waals surface area contributed by atoms with Crippen molar-refractivity contribution in [3.8, 4) is 0 Å². The fraction of sp³-hybridized carbons (Fsp3) is 0.471. The first-order valence-electron chi connectivity index (χ1n) is 7.65. The molecule has 4 heteroatoms. The lowest BCUT2D eigenvalue weighted by Crippen LogP contribution is -2.51. The number of nitrogens with one attached hydrogen (secondary N) is 2. The highest BCUT2D eigenvalue weighted by Crippen LogP contribution is 2.32. The highest BCUT2D eigenvalue weighted by molar-refractivity contribution is 5.96. The van der Waals surface area contributed by atoms with E-state index in [1.807, 2.05) is 32.0 Å². The lowest BCUT2D eigenvalue weighted by atomic mass is 9.74. The van der Waals surface area contributed by atoms with E-state index in [1.165, 1.54) is 0 Å². The van der Waals surface area contributed by atoms with E-state index in [1.54, 1.807) is 0 Å². The summed E-state index contributed by atoms with van der Waals surface area (Å²) in [5.41, 5.74) is 8.96. The molecule has 4 nitrogen and oxygen atoms in total. The summed E-state index contributed by atoms with van der Waals surface area (Å²) >= 11 is 0. The molecule has 0 radical (unpaired) electrons. The molecule has 112 valence electrons. The van der Waals surface area contributed by atoms with Crippen LogP contribution in [0.5, 0.6) is 0 Å². The topological polar surface area (TPSA) is 70.9 Å². The van der Waals surface area contributed by atoms with Crippen molar-refractivity contribution in [1.29, 1.82) is 0 Å². The number of nitrogens with two attached hydrogens (primary N) is 1. The van der Waals surface area contributed by atoms with Gasteiger partial charge >= 0.3 is 0 Å². The first-order valence-corrected chi connectivity index (χ1v) is 7.65. The third-order valence-electron chi connectivity index (χ3n) is 4.59. The maximum absolute atomic E-state index is 12.5. The van der Waals surface area contributed by atoms with Crippen molar-refractivity contribution in [1.82, 2.24) is 4.98 Å². The molecular formula is C17H23N3O. The van der Waals surface area contributed by atoms with E-state index in [4.69, 9.17) is 5.73 Å². The minimum atomic E-state index is -0.392. The number of carbonyl (C=O) groups excluding carboxylic acids is 1. The molecule has 0 spiro atoms. The molecule has 2 atom stereocenters. The Morgan fingerprint density at radius 2 is 2.19 bits per heavy atom. The molecule has 1 heterocycles. The van der Waals surface area contributed by atoms with Crippen molar-refractivity contribution in [3.63, 3.8) is 0 Å². The summed E-state index contributed by atoms with van der Waals surface area (Å²) in [7, 11) is 0. The summed E-state index contributed by atoms with van der Waals surface area (Å²) < 4.78 is 0. The molecule has 1 aromatic heterocycles. The number of aromatic nitrogens is 1. The number of aryl methyl sites for hydroxylation is 1. The van der Waals surface area contributed by atoms with Crippen LogP contribution in [-0.4, -0.2) is 16.4 Å². The van der Waals surface area contributed by atoms with Crippen molar-refractivity contribution in [3.05, 3.63) is 30.0 Å². The van der Waals surface area contributed by atoms with Crippen LogP contribution in [0.2, 0.25) is 0 Å². The zero-order valence-corrected chi connectivity index (χ0v) is 12.7. The second-order valence-corrected chi connectivity index (χ2v) is 6.55. The molecule has 21 heavy (non-hydrogen) atoms. The molecule has 1 fully saturated rings. The van der Waals surface area contributed by atoms with Crippen LogP contribution in [0.3, 0.4) is 0 Å². The van der Waals surface area contributed by atoms with E-state index in [2.05, 4.69) is 16.4 Å². The normalized spacial score (nSPS) is 26.0. The van der Waals surface area contributed by atoms with Crippen molar-refractivity contribution < 1.29 is 4.79 Å². The van der Waals surface area contributed by atoms with Gasteiger partial charge in [-0.1, -0.05) is 12.8 Å². The lowest BCUT2D eigenvalue weighted by molar-refractivity contribution is -0.122. The standard InChI is InChI=1S/C17H23N3O/c1-11-9-12-10-13(6-7-15(12)19-11)20-16(21)14-5-3-4-8-17(14,2)18/h6-7,9-10,14,19H,3-5,8,18H2,1-2H3,(H,20,21). The highest BCUT2D eigenvalue weighted by atomic mass is 16.1. The van der Waals surface area contributed by atoms with Gasteiger partial charge in [0, 0.05) is 27.8 Å². The third-order valence-corrected chi connectivity index (χ3v) is 4.59. The Kier molecular flexibility index (Phi) is 3.49. The Bertz CT molecular complexity index is 672. The van der Waals surface area contributed by atoms with E-state index in [-0.39, 0.29) is 11.8 Å². The van der Waals surface area contributed by atoms with Gasteiger partial charge in [0.15, 0.2) is 0 Å². The number of rotatable bonds is 2. The van der Waals surface area contributed by atoms with Crippen LogP contribution in [0, 0.1) is 12.8 Å². The molecule has 1 amide bonds. The van der Waals surface area contributed by atoms with Crippen molar-refractivity contribution >= 4 is 22.5 Å². The molecule has 4 N–H and O–H groups in total. The summed E-state index contributed by atoms with van der Waals surface area (Å²) in [4.78, 5) is 15.8. The van der Waals surface area contributed by atoms with Gasteiger partial charge in [0.2, 0.25) is 5.91 Å². The average molecular weight is 285 g/mol. The number of hydrogen-bond donors (Lipinski definition) is 3. The first-order chi connectivity index (χ1) is 9.95. The van der Waals surface area contributed by atoms with Gasteiger partial charge in [0.05, 0.1) is 5.92 Å². The summed E-state index contributed by atoms with van der Waals surface area (Å²) in [6, 6.07) is 8.03. The summed E-state index contributed by atoms with van der Waals surface area (Å²) in [6.45, 7) is 4.02. The van der Waals surface area contributed by atoms with Gasteiger partial charge in [-0.3, -0.25) is 4.79 Å². The van der Waals surface area contributed by atoms with Gasteiger partial charge in [0.1, 0.15) is 0 Å². The van der Waals surface area contributed by atoms with Crippen molar-refractivity contribution in [2.75, 3.05) is 5.32 Å². The predicted octanol–water partition coefficient (Wildman–Crippen LogP) is 3.32. The molecule has 0 bridgehead atoms. The molecule has 2 aromatic rings. The number of fused-ring (bicyclic) bond motifs is 1. The van der Waals surface area contributed by atoms with Gasteiger partial charge in [-0.2, -0.15) is 0 Å². The minimum absolute atomic E-state index is 0.0475. The number of hydrogen-bond acceptors (Lipinski definition) is 2. The van der Waals surface area contributed by atoms with Crippen LogP contribution in [0.1, 0.15) is 38.3 Å². The number of carbonyl (C=O) groups is 1. The summed E-state index contributed by atoms with van der Waals surface area (Å²) in [6.07, 6.45) is 4.00. The monoisotopic (exact) mass is 285 g/mol.